The van der Waals surface area contributed by atoms with Crippen molar-refractivity contribution in [2.45, 2.75) is 39.9 Å². The van der Waals surface area contributed by atoms with Crippen LogP contribution in [-0.4, -0.2) is 44.7 Å². The largest absolute Gasteiger partial charge is 0.463 e. The first kappa shape index (κ1) is 20.4. The third kappa shape index (κ3) is 5.76. The lowest BCUT2D eigenvalue weighted by Crippen LogP contribution is -2.49. The van der Waals surface area contributed by atoms with Gasteiger partial charge in [-0.25, -0.2) is 9.59 Å². The normalized spacial score (nSPS) is 24.0. The molecule has 6 nitrogen and oxygen atoms in total. The van der Waals surface area contributed by atoms with Crippen LogP contribution in [0.2, 0.25) is 0 Å². The average Bonchev–Trinajstić information content (AvgIpc) is 2.59. The molecular weight excluding hydrogens is 312 g/mol. The number of hydrogen-bond acceptors (Lipinski definition) is 6. The molecule has 0 aromatic rings. The number of hydrogen-bond donors (Lipinski definition) is 0. The minimum absolute atomic E-state index is 0.179. The van der Waals surface area contributed by atoms with Crippen molar-refractivity contribution in [3.8, 4) is 0 Å². The summed E-state index contributed by atoms with van der Waals surface area (Å²) in [6.07, 6.45) is 3.31. The van der Waals surface area contributed by atoms with E-state index in [0.29, 0.717) is 26.2 Å². The van der Waals surface area contributed by atoms with Crippen molar-refractivity contribution in [3.63, 3.8) is 0 Å². The summed E-state index contributed by atoms with van der Waals surface area (Å²) in [4.78, 5) is 22.3. The van der Waals surface area contributed by atoms with Gasteiger partial charge in [0.25, 0.3) is 0 Å². The lowest BCUT2D eigenvalue weighted by molar-refractivity contribution is -0.277. The summed E-state index contributed by atoms with van der Waals surface area (Å²) >= 11 is 0. The highest BCUT2D eigenvalue weighted by Crippen LogP contribution is 2.37. The monoisotopic (exact) mass is 340 g/mol. The Morgan fingerprint density at radius 2 is 1.71 bits per heavy atom. The van der Waals surface area contributed by atoms with Gasteiger partial charge in [0.1, 0.15) is 6.61 Å². The van der Waals surface area contributed by atoms with Crippen LogP contribution >= 0.6 is 0 Å². The fourth-order valence-corrected chi connectivity index (χ4v) is 2.38. The van der Waals surface area contributed by atoms with Crippen LogP contribution in [0.25, 0.3) is 0 Å². The molecule has 1 heterocycles. The summed E-state index contributed by atoms with van der Waals surface area (Å²) in [5.41, 5.74) is -0.667. The number of rotatable bonds is 9. The maximum atomic E-state index is 11.2. The molecular formula is C18H28O6. The van der Waals surface area contributed by atoms with E-state index < -0.39 is 23.6 Å². The molecule has 0 amide bonds. The van der Waals surface area contributed by atoms with Crippen molar-refractivity contribution in [2.75, 3.05) is 26.4 Å². The van der Waals surface area contributed by atoms with Gasteiger partial charge < -0.3 is 18.9 Å². The zero-order chi connectivity index (χ0) is 18.2. The Balaban J connectivity index is 2.52. The average molecular weight is 340 g/mol. The summed E-state index contributed by atoms with van der Waals surface area (Å²) in [6, 6.07) is 0. The smallest absolute Gasteiger partial charge is 0.330 e. The molecule has 1 rings (SSSR count). The van der Waals surface area contributed by atoms with Crippen LogP contribution in [0.15, 0.2) is 25.3 Å². The Labute approximate surface area is 143 Å². The van der Waals surface area contributed by atoms with Crippen LogP contribution in [0.4, 0.5) is 0 Å². The summed E-state index contributed by atoms with van der Waals surface area (Å²) in [5.74, 6) is -0.896. The highest BCUT2D eigenvalue weighted by molar-refractivity contribution is 5.81. The van der Waals surface area contributed by atoms with Crippen molar-refractivity contribution >= 4 is 11.9 Å². The molecule has 1 fully saturated rings. The molecule has 136 valence electrons. The lowest BCUT2D eigenvalue weighted by atomic mass is 9.82. The van der Waals surface area contributed by atoms with Crippen molar-refractivity contribution in [1.29, 1.82) is 0 Å². The molecule has 0 saturated carbocycles. The van der Waals surface area contributed by atoms with Gasteiger partial charge in [-0.2, -0.15) is 0 Å². The second-order valence-corrected chi connectivity index (χ2v) is 6.73. The fourth-order valence-electron chi connectivity index (χ4n) is 2.38. The first-order valence-corrected chi connectivity index (χ1v) is 8.10. The van der Waals surface area contributed by atoms with Gasteiger partial charge in [-0.05, 0) is 12.8 Å². The molecule has 0 atom stereocenters. The van der Waals surface area contributed by atoms with Crippen LogP contribution in [0, 0.1) is 10.8 Å². The highest BCUT2D eigenvalue weighted by Gasteiger charge is 2.42. The van der Waals surface area contributed by atoms with Crippen molar-refractivity contribution in [1.82, 2.24) is 0 Å². The number of esters is 2. The Hall–Kier alpha value is -1.66. The summed E-state index contributed by atoms with van der Waals surface area (Å²) in [5, 5.41) is 0. The molecule has 6 heteroatoms. The van der Waals surface area contributed by atoms with Crippen LogP contribution in [-0.2, 0) is 28.5 Å². The van der Waals surface area contributed by atoms with E-state index in [2.05, 4.69) is 20.1 Å². The fraction of sp³-hybridized carbons (Fsp3) is 0.667. The van der Waals surface area contributed by atoms with Crippen LogP contribution < -0.4 is 0 Å². The van der Waals surface area contributed by atoms with Crippen LogP contribution in [0.5, 0.6) is 0 Å². The third-order valence-corrected chi connectivity index (χ3v) is 4.27. The molecule has 0 N–H and O–H groups in total. The SMILES string of the molecule is C=CC(=O)OCCC1(CC)COC(C(C)(C)COC(=O)C=C)OC1. The Bertz CT molecular complexity index is 460. The molecule has 0 unspecified atom stereocenters. The second kappa shape index (κ2) is 8.99. The first-order chi connectivity index (χ1) is 11.3. The molecule has 1 aliphatic heterocycles. The van der Waals surface area contributed by atoms with Gasteiger partial charge in [-0.3, -0.25) is 0 Å². The first-order valence-electron chi connectivity index (χ1n) is 8.10. The Morgan fingerprint density at radius 1 is 1.17 bits per heavy atom. The van der Waals surface area contributed by atoms with Gasteiger partial charge in [0.15, 0.2) is 6.29 Å². The molecule has 0 spiro atoms. The maximum absolute atomic E-state index is 11.2. The predicted molar refractivity (Wildman–Crippen MR) is 89.1 cm³/mol. The summed E-state index contributed by atoms with van der Waals surface area (Å²) in [6.45, 7) is 14.1. The van der Waals surface area contributed by atoms with E-state index >= 15 is 0 Å². The van der Waals surface area contributed by atoms with Gasteiger partial charge in [-0.1, -0.05) is 33.9 Å². The van der Waals surface area contributed by atoms with Gasteiger partial charge in [0.2, 0.25) is 0 Å². The molecule has 1 saturated heterocycles. The minimum atomic E-state index is -0.478. The standard InChI is InChI=1S/C18H28O6/c1-6-14(19)21-10-9-18(8-3)12-23-16(24-13-18)17(4,5)11-22-15(20)7-2/h6-7,16H,1-2,8-13H2,3-5H3. The molecule has 1 aliphatic rings. The predicted octanol–water partition coefficient (Wildman–Crippen LogP) is 2.63. The van der Waals surface area contributed by atoms with E-state index in [9.17, 15) is 9.59 Å². The molecule has 0 bridgehead atoms. The van der Waals surface area contributed by atoms with Crippen molar-refractivity contribution in [3.05, 3.63) is 25.3 Å². The van der Waals surface area contributed by atoms with Crippen molar-refractivity contribution < 1.29 is 28.5 Å². The molecule has 0 aliphatic carbocycles. The summed E-state index contributed by atoms with van der Waals surface area (Å²) < 4.78 is 22.0. The lowest BCUT2D eigenvalue weighted by Gasteiger charge is -2.44. The highest BCUT2D eigenvalue weighted by atomic mass is 16.7. The third-order valence-electron chi connectivity index (χ3n) is 4.27. The van der Waals surface area contributed by atoms with Crippen molar-refractivity contribution in [2.24, 2.45) is 10.8 Å². The van der Waals surface area contributed by atoms with E-state index in [1.807, 2.05) is 13.8 Å². The minimum Gasteiger partial charge on any atom is -0.463 e. The number of carbonyl (C=O) groups is 2. The van der Waals surface area contributed by atoms with Gasteiger partial charge in [0, 0.05) is 23.0 Å². The van der Waals surface area contributed by atoms with Gasteiger partial charge in [0.05, 0.1) is 19.8 Å². The Kier molecular flexibility index (Phi) is 7.63. The maximum Gasteiger partial charge on any atom is 0.330 e. The number of ether oxygens (including phenoxy) is 4. The molecule has 24 heavy (non-hydrogen) atoms. The number of carbonyl (C=O) groups excluding carboxylic acids is 2. The summed E-state index contributed by atoms with van der Waals surface area (Å²) in [7, 11) is 0. The zero-order valence-corrected chi connectivity index (χ0v) is 14.8. The van der Waals surface area contributed by atoms with E-state index in [0.717, 1.165) is 18.6 Å². The van der Waals surface area contributed by atoms with Crippen LogP contribution in [0.1, 0.15) is 33.6 Å². The second-order valence-electron chi connectivity index (χ2n) is 6.73. The molecule has 0 aromatic heterocycles. The van der Waals surface area contributed by atoms with E-state index in [-0.39, 0.29) is 12.0 Å². The van der Waals surface area contributed by atoms with Crippen LogP contribution in [0.3, 0.4) is 0 Å². The van der Waals surface area contributed by atoms with Gasteiger partial charge in [-0.15, -0.1) is 0 Å². The molecule has 0 aromatic carbocycles. The Morgan fingerprint density at radius 3 is 2.21 bits per heavy atom. The van der Waals surface area contributed by atoms with E-state index in [4.69, 9.17) is 18.9 Å². The van der Waals surface area contributed by atoms with Gasteiger partial charge >= 0.3 is 11.9 Å². The zero-order valence-electron chi connectivity index (χ0n) is 14.8. The topological polar surface area (TPSA) is 71.1 Å². The van der Waals surface area contributed by atoms with E-state index in [1.165, 1.54) is 0 Å². The van der Waals surface area contributed by atoms with E-state index in [1.54, 1.807) is 0 Å². The molecule has 0 radical (unpaired) electrons. The quantitative estimate of drug-likeness (QED) is 0.475.